The molecule has 1 aliphatic rings. The van der Waals surface area contributed by atoms with Crippen LogP contribution >= 0.6 is 17.0 Å². The first-order chi connectivity index (χ1) is 13.3. The van der Waals surface area contributed by atoms with E-state index in [2.05, 4.69) is 67.6 Å². The molecule has 0 heterocycles. The Morgan fingerprint density at radius 1 is 0.889 bits per heavy atom. The van der Waals surface area contributed by atoms with E-state index in [0.717, 1.165) is 6.42 Å². The molecule has 0 saturated heterocycles. The first kappa shape index (κ1) is 19.3. The molecule has 0 saturated carbocycles. The molecule has 0 bridgehead atoms. The monoisotopic (exact) mass is 469 g/mol. The molecule has 4 aromatic rings. The van der Waals surface area contributed by atoms with Crippen LogP contribution in [0.15, 0.2) is 60.7 Å². The van der Waals surface area contributed by atoms with Gasteiger partial charge in [-0.2, -0.15) is 6.07 Å². The number of rotatable bonds is 3. The van der Waals surface area contributed by atoms with Crippen LogP contribution < -0.4 is 0 Å². The zero-order chi connectivity index (χ0) is 18.8. The summed E-state index contributed by atoms with van der Waals surface area (Å²) in [6, 6.07) is 23.0. The van der Waals surface area contributed by atoms with E-state index in [1.54, 1.807) is 0 Å². The molecular formula is C24H21Cl2Zr-. The van der Waals surface area contributed by atoms with E-state index < -0.39 is 20.8 Å². The molecule has 0 aromatic heterocycles. The Morgan fingerprint density at radius 2 is 1.59 bits per heavy atom. The fraction of sp³-hybridized carbons (Fsp3) is 0.208. The summed E-state index contributed by atoms with van der Waals surface area (Å²) < 4.78 is 0. The molecule has 0 nitrogen and oxygen atoms in total. The van der Waals surface area contributed by atoms with Gasteiger partial charge in [-0.3, -0.25) is 0 Å². The average molecular weight is 472 g/mol. The Kier molecular flexibility index (Phi) is 6.13. The van der Waals surface area contributed by atoms with E-state index in [1.807, 2.05) is 0 Å². The second-order valence-electron chi connectivity index (χ2n) is 7.11. The van der Waals surface area contributed by atoms with Gasteiger partial charge in [0.1, 0.15) is 0 Å². The minimum absolute atomic E-state index is 0.826. The predicted molar refractivity (Wildman–Crippen MR) is 116 cm³/mol. The quantitative estimate of drug-likeness (QED) is 0.267. The SMILES string of the molecule is CCCc1cc2c(-c3ccc4c5c(cccc35)CC4)cccc2[cH-]1.[Cl][Zr][Cl]. The van der Waals surface area contributed by atoms with Gasteiger partial charge in [0.05, 0.1) is 0 Å². The summed E-state index contributed by atoms with van der Waals surface area (Å²) in [4.78, 5) is 0. The maximum atomic E-state index is 4.93. The van der Waals surface area contributed by atoms with Crippen LogP contribution in [0.3, 0.4) is 0 Å². The van der Waals surface area contributed by atoms with Gasteiger partial charge in [-0.05, 0) is 46.7 Å². The average Bonchev–Trinajstić information content (AvgIpc) is 3.28. The molecule has 0 unspecified atom stereocenters. The number of halogens is 2. The summed E-state index contributed by atoms with van der Waals surface area (Å²) in [5, 5.41) is 5.71. The van der Waals surface area contributed by atoms with E-state index in [1.165, 1.54) is 68.6 Å². The molecule has 136 valence electrons. The van der Waals surface area contributed by atoms with Gasteiger partial charge in [0, 0.05) is 0 Å². The zero-order valence-corrected chi connectivity index (χ0v) is 19.3. The van der Waals surface area contributed by atoms with Crippen molar-refractivity contribution in [3.63, 3.8) is 0 Å². The molecule has 1 aliphatic carbocycles. The molecule has 0 spiro atoms. The Morgan fingerprint density at radius 3 is 2.37 bits per heavy atom. The number of benzene rings is 3. The molecule has 4 aromatic carbocycles. The molecule has 0 radical (unpaired) electrons. The van der Waals surface area contributed by atoms with Crippen molar-refractivity contribution < 1.29 is 20.8 Å². The van der Waals surface area contributed by atoms with Crippen LogP contribution in [-0.4, -0.2) is 0 Å². The van der Waals surface area contributed by atoms with Crippen molar-refractivity contribution in [2.24, 2.45) is 0 Å². The Hall–Kier alpha value is -1.01. The predicted octanol–water partition coefficient (Wildman–Crippen LogP) is 7.81. The molecule has 5 rings (SSSR count). The molecule has 0 atom stereocenters. The molecule has 3 heteroatoms. The number of hydrogen-bond acceptors (Lipinski definition) is 0. The Labute approximate surface area is 179 Å². The summed E-state index contributed by atoms with van der Waals surface area (Å²) in [7, 11) is 9.87. The first-order valence-electron chi connectivity index (χ1n) is 9.45. The van der Waals surface area contributed by atoms with E-state index in [9.17, 15) is 0 Å². The summed E-state index contributed by atoms with van der Waals surface area (Å²) >= 11 is -0.826. The number of aryl methyl sites for hydroxylation is 3. The van der Waals surface area contributed by atoms with Crippen molar-refractivity contribution >= 4 is 38.6 Å². The third kappa shape index (κ3) is 3.67. The van der Waals surface area contributed by atoms with Crippen molar-refractivity contribution in [1.29, 1.82) is 0 Å². The van der Waals surface area contributed by atoms with Gasteiger partial charge in [-0.25, -0.2) is 0 Å². The van der Waals surface area contributed by atoms with Crippen LogP contribution in [0.5, 0.6) is 0 Å². The Bertz CT molecular complexity index is 1080. The fourth-order valence-electron chi connectivity index (χ4n) is 4.45. The first-order valence-corrected chi connectivity index (χ1v) is 15.8. The van der Waals surface area contributed by atoms with E-state index >= 15 is 0 Å². The minimum atomic E-state index is -0.826. The van der Waals surface area contributed by atoms with E-state index in [0.29, 0.717) is 0 Å². The van der Waals surface area contributed by atoms with Gasteiger partial charge in [-0.15, -0.1) is 34.5 Å². The van der Waals surface area contributed by atoms with Crippen LogP contribution in [0, 0.1) is 0 Å². The molecule has 0 fully saturated rings. The maximum absolute atomic E-state index is 4.93. The van der Waals surface area contributed by atoms with Gasteiger partial charge in [-0.1, -0.05) is 55.3 Å². The van der Waals surface area contributed by atoms with E-state index in [4.69, 9.17) is 17.0 Å². The van der Waals surface area contributed by atoms with Crippen molar-refractivity contribution in [2.45, 2.75) is 32.6 Å². The third-order valence-electron chi connectivity index (χ3n) is 5.52. The van der Waals surface area contributed by atoms with Crippen LogP contribution in [0.25, 0.3) is 32.7 Å². The molecular weight excluding hydrogens is 450 g/mol. The molecule has 0 N–H and O–H groups in total. The number of fused-ring (bicyclic) bond motifs is 1. The molecule has 0 amide bonds. The van der Waals surface area contributed by atoms with Crippen LogP contribution in [0.2, 0.25) is 0 Å². The van der Waals surface area contributed by atoms with Crippen LogP contribution in [-0.2, 0) is 40.1 Å². The van der Waals surface area contributed by atoms with Crippen molar-refractivity contribution in [3.8, 4) is 11.1 Å². The van der Waals surface area contributed by atoms with Crippen LogP contribution in [0.4, 0.5) is 0 Å². The van der Waals surface area contributed by atoms with Gasteiger partial charge >= 0.3 is 37.9 Å². The zero-order valence-electron chi connectivity index (χ0n) is 15.4. The Balaban J connectivity index is 0.000000565. The van der Waals surface area contributed by atoms with Gasteiger partial charge in [0.15, 0.2) is 0 Å². The second kappa shape index (κ2) is 8.56. The normalized spacial score (nSPS) is 12.3. The standard InChI is InChI=1S/C24H21.2ClH.Zr/c1-2-5-16-14-19-7-4-8-20(23(19)15-16)21-13-12-18-11-10-17-6-3-9-22(21)24(17)18;;;/h3-4,6-9,12-15H,2,5,10-11H2,1H3;2*1H;/q-1;;;+2/p-2. The van der Waals surface area contributed by atoms with Crippen molar-refractivity contribution in [1.82, 2.24) is 0 Å². The summed E-state index contributed by atoms with van der Waals surface area (Å²) in [6.45, 7) is 2.25. The molecule has 0 aliphatic heterocycles. The molecule has 27 heavy (non-hydrogen) atoms. The van der Waals surface area contributed by atoms with Gasteiger partial charge < -0.3 is 0 Å². The van der Waals surface area contributed by atoms with Gasteiger partial charge in [0.2, 0.25) is 0 Å². The van der Waals surface area contributed by atoms with Crippen LogP contribution in [0.1, 0.15) is 30.0 Å². The fourth-order valence-corrected chi connectivity index (χ4v) is 4.45. The number of hydrogen-bond donors (Lipinski definition) is 0. The summed E-state index contributed by atoms with van der Waals surface area (Å²) in [5.41, 5.74) is 7.27. The van der Waals surface area contributed by atoms with Gasteiger partial charge in [0.25, 0.3) is 0 Å². The van der Waals surface area contributed by atoms with E-state index in [-0.39, 0.29) is 0 Å². The topological polar surface area (TPSA) is 0 Å². The third-order valence-corrected chi connectivity index (χ3v) is 5.52. The summed E-state index contributed by atoms with van der Waals surface area (Å²) in [6.07, 6.45) is 4.75. The van der Waals surface area contributed by atoms with Crippen molar-refractivity contribution in [3.05, 3.63) is 77.4 Å². The van der Waals surface area contributed by atoms with Crippen molar-refractivity contribution in [2.75, 3.05) is 0 Å². The second-order valence-corrected chi connectivity index (χ2v) is 10.8. The summed E-state index contributed by atoms with van der Waals surface area (Å²) in [5.74, 6) is 0.